The summed E-state index contributed by atoms with van der Waals surface area (Å²) in [7, 11) is 0. The molecule has 0 bridgehead atoms. The third-order valence-electron chi connectivity index (χ3n) is 5.37. The molecule has 1 aromatic heterocycles. The molecule has 0 N–H and O–H groups in total. The number of anilines is 1. The molecule has 1 aromatic carbocycles. The molecular formula is C19H24F2N4O2. The fourth-order valence-electron chi connectivity index (χ4n) is 3.89. The van der Waals surface area contributed by atoms with Gasteiger partial charge >= 0.3 is 0 Å². The number of piperazine rings is 1. The van der Waals surface area contributed by atoms with E-state index in [9.17, 15) is 13.6 Å². The van der Waals surface area contributed by atoms with Gasteiger partial charge in [-0.25, -0.2) is 13.8 Å². The van der Waals surface area contributed by atoms with Crippen molar-refractivity contribution in [3.8, 4) is 0 Å². The maximum atomic E-state index is 12.6. The Morgan fingerprint density at radius 2 is 2.04 bits per heavy atom. The van der Waals surface area contributed by atoms with Gasteiger partial charge in [0.15, 0.2) is 0 Å². The SMILES string of the molecule is O=c1c2ccc(N3CCN(CC4CCCO4)CC3)cc2ncn1CC(F)F. The van der Waals surface area contributed by atoms with Crippen molar-refractivity contribution in [1.82, 2.24) is 14.5 Å². The van der Waals surface area contributed by atoms with Crippen LogP contribution in [0.1, 0.15) is 12.8 Å². The van der Waals surface area contributed by atoms with Gasteiger partial charge in [0.25, 0.3) is 12.0 Å². The second kappa shape index (κ2) is 7.90. The molecule has 1 unspecified atom stereocenters. The summed E-state index contributed by atoms with van der Waals surface area (Å²) in [5, 5.41) is 0.374. The van der Waals surface area contributed by atoms with Gasteiger partial charge in [0.1, 0.15) is 0 Å². The van der Waals surface area contributed by atoms with Crippen LogP contribution in [0.2, 0.25) is 0 Å². The fraction of sp³-hybridized carbons (Fsp3) is 0.579. The van der Waals surface area contributed by atoms with Gasteiger partial charge in [0.2, 0.25) is 0 Å². The Hall–Kier alpha value is -2.06. The van der Waals surface area contributed by atoms with E-state index in [1.807, 2.05) is 12.1 Å². The first-order chi connectivity index (χ1) is 13.1. The summed E-state index contributed by atoms with van der Waals surface area (Å²) in [6.07, 6.45) is 1.32. The minimum absolute atomic E-state index is 0.372. The van der Waals surface area contributed by atoms with Gasteiger partial charge in [0.05, 0.1) is 29.9 Å². The summed E-state index contributed by atoms with van der Waals surface area (Å²) in [4.78, 5) is 21.2. The Balaban J connectivity index is 1.44. The lowest BCUT2D eigenvalue weighted by Gasteiger charge is -2.37. The summed E-state index contributed by atoms with van der Waals surface area (Å²) in [6.45, 7) is 5.00. The molecule has 0 spiro atoms. The van der Waals surface area contributed by atoms with Crippen LogP contribution in [-0.4, -0.2) is 66.3 Å². The second-order valence-corrected chi connectivity index (χ2v) is 7.22. The molecule has 0 aliphatic carbocycles. The number of fused-ring (bicyclic) bond motifs is 1. The molecular weight excluding hydrogens is 354 g/mol. The number of halogens is 2. The van der Waals surface area contributed by atoms with Crippen LogP contribution < -0.4 is 10.5 Å². The van der Waals surface area contributed by atoms with Crippen molar-refractivity contribution in [2.75, 3.05) is 44.2 Å². The lowest BCUT2D eigenvalue weighted by Crippen LogP contribution is -2.48. The zero-order valence-electron chi connectivity index (χ0n) is 15.2. The summed E-state index contributed by atoms with van der Waals surface area (Å²) >= 11 is 0. The highest BCUT2D eigenvalue weighted by atomic mass is 19.3. The summed E-state index contributed by atoms with van der Waals surface area (Å²) in [5.74, 6) is 0. The molecule has 0 amide bonds. The molecule has 0 radical (unpaired) electrons. The average molecular weight is 378 g/mol. The van der Waals surface area contributed by atoms with Crippen molar-refractivity contribution in [3.05, 3.63) is 34.9 Å². The number of benzene rings is 1. The molecule has 2 aromatic rings. The van der Waals surface area contributed by atoms with Crippen molar-refractivity contribution in [2.45, 2.75) is 31.9 Å². The fourth-order valence-corrected chi connectivity index (χ4v) is 3.89. The lowest BCUT2D eigenvalue weighted by molar-refractivity contribution is 0.0713. The Morgan fingerprint density at radius 3 is 2.74 bits per heavy atom. The van der Waals surface area contributed by atoms with Crippen molar-refractivity contribution in [2.24, 2.45) is 0 Å². The van der Waals surface area contributed by atoms with Crippen molar-refractivity contribution in [3.63, 3.8) is 0 Å². The number of aromatic nitrogens is 2. The van der Waals surface area contributed by atoms with Crippen molar-refractivity contribution < 1.29 is 13.5 Å². The Kier molecular flexibility index (Phi) is 5.36. The third-order valence-corrected chi connectivity index (χ3v) is 5.37. The molecule has 3 heterocycles. The van der Waals surface area contributed by atoms with Gasteiger partial charge < -0.3 is 9.64 Å². The average Bonchev–Trinajstić information content (AvgIpc) is 3.17. The van der Waals surface area contributed by atoms with Crippen LogP contribution in [0.25, 0.3) is 10.9 Å². The lowest BCUT2D eigenvalue weighted by atomic mass is 10.1. The van der Waals surface area contributed by atoms with Gasteiger partial charge in [-0.15, -0.1) is 0 Å². The zero-order chi connectivity index (χ0) is 18.8. The maximum absolute atomic E-state index is 12.6. The highest BCUT2D eigenvalue weighted by Gasteiger charge is 2.23. The number of alkyl halides is 2. The highest BCUT2D eigenvalue weighted by molar-refractivity contribution is 5.81. The van der Waals surface area contributed by atoms with E-state index in [0.717, 1.165) is 62.4 Å². The quantitative estimate of drug-likeness (QED) is 0.796. The van der Waals surface area contributed by atoms with Crippen LogP contribution >= 0.6 is 0 Å². The predicted molar refractivity (Wildman–Crippen MR) is 99.6 cm³/mol. The standard InChI is InChI=1S/C19H24F2N4O2/c20-18(21)12-25-13-22-17-10-14(3-4-16(17)19(25)26)24-7-5-23(6-8-24)11-15-2-1-9-27-15/h3-4,10,13,15,18H,1-2,5-9,11-12H2. The van der Waals surface area contributed by atoms with Crippen LogP contribution in [0.5, 0.6) is 0 Å². The van der Waals surface area contributed by atoms with E-state index in [4.69, 9.17) is 4.74 Å². The van der Waals surface area contributed by atoms with Crippen LogP contribution in [0.4, 0.5) is 14.5 Å². The van der Waals surface area contributed by atoms with E-state index in [0.29, 0.717) is 17.0 Å². The molecule has 2 aliphatic heterocycles. The van der Waals surface area contributed by atoms with E-state index in [1.165, 1.54) is 6.33 Å². The van der Waals surface area contributed by atoms with Gasteiger partial charge in [-0.1, -0.05) is 0 Å². The number of ether oxygens (including phenoxy) is 1. The normalized spacial score (nSPS) is 21.4. The Morgan fingerprint density at radius 1 is 1.22 bits per heavy atom. The molecule has 146 valence electrons. The number of nitrogens with zero attached hydrogens (tertiary/aromatic N) is 4. The van der Waals surface area contributed by atoms with E-state index >= 15 is 0 Å². The molecule has 27 heavy (non-hydrogen) atoms. The first-order valence-electron chi connectivity index (χ1n) is 9.46. The molecule has 2 saturated heterocycles. The number of hydrogen-bond acceptors (Lipinski definition) is 5. The maximum Gasteiger partial charge on any atom is 0.261 e. The molecule has 0 saturated carbocycles. The Bertz CT molecular complexity index is 843. The first kappa shape index (κ1) is 18.3. The third kappa shape index (κ3) is 4.11. The molecule has 2 aliphatic rings. The summed E-state index contributed by atoms with van der Waals surface area (Å²) in [6, 6.07) is 5.45. The topological polar surface area (TPSA) is 50.6 Å². The van der Waals surface area contributed by atoms with Crippen LogP contribution in [-0.2, 0) is 11.3 Å². The van der Waals surface area contributed by atoms with E-state index < -0.39 is 18.5 Å². The summed E-state index contributed by atoms with van der Waals surface area (Å²) < 4.78 is 31.8. The van der Waals surface area contributed by atoms with Gasteiger partial charge in [-0.3, -0.25) is 14.3 Å². The molecule has 2 fully saturated rings. The van der Waals surface area contributed by atoms with Crippen LogP contribution in [0, 0.1) is 0 Å². The predicted octanol–water partition coefficient (Wildman–Crippen LogP) is 1.96. The van der Waals surface area contributed by atoms with Gasteiger partial charge in [0, 0.05) is 45.0 Å². The molecule has 8 heteroatoms. The summed E-state index contributed by atoms with van der Waals surface area (Å²) in [5.41, 5.74) is 1.14. The first-order valence-corrected chi connectivity index (χ1v) is 9.46. The van der Waals surface area contributed by atoms with Gasteiger partial charge in [-0.2, -0.15) is 0 Å². The minimum atomic E-state index is -2.58. The zero-order valence-corrected chi connectivity index (χ0v) is 15.2. The highest BCUT2D eigenvalue weighted by Crippen LogP contribution is 2.21. The second-order valence-electron chi connectivity index (χ2n) is 7.22. The van der Waals surface area contributed by atoms with Gasteiger partial charge in [-0.05, 0) is 31.0 Å². The molecule has 6 nitrogen and oxygen atoms in total. The van der Waals surface area contributed by atoms with Crippen LogP contribution in [0.3, 0.4) is 0 Å². The largest absolute Gasteiger partial charge is 0.377 e. The number of rotatable bonds is 5. The molecule has 1 atom stereocenters. The minimum Gasteiger partial charge on any atom is -0.377 e. The Labute approximate surface area is 156 Å². The number of hydrogen-bond donors (Lipinski definition) is 0. The van der Waals surface area contributed by atoms with Crippen LogP contribution in [0.15, 0.2) is 29.3 Å². The molecule has 4 rings (SSSR count). The van der Waals surface area contributed by atoms with E-state index in [2.05, 4.69) is 14.8 Å². The van der Waals surface area contributed by atoms with E-state index in [-0.39, 0.29) is 0 Å². The van der Waals surface area contributed by atoms with Crippen molar-refractivity contribution >= 4 is 16.6 Å². The monoisotopic (exact) mass is 378 g/mol. The smallest absolute Gasteiger partial charge is 0.261 e. The van der Waals surface area contributed by atoms with Crippen molar-refractivity contribution in [1.29, 1.82) is 0 Å². The van der Waals surface area contributed by atoms with E-state index in [1.54, 1.807) is 6.07 Å².